The van der Waals surface area contributed by atoms with Gasteiger partial charge in [-0.25, -0.2) is 9.59 Å². The van der Waals surface area contributed by atoms with Crippen LogP contribution >= 0.6 is 23.5 Å². The molecule has 0 aromatic rings. The summed E-state index contributed by atoms with van der Waals surface area (Å²) in [6.07, 6.45) is 1.86. The molecule has 0 amide bonds. The van der Waals surface area contributed by atoms with Crippen LogP contribution in [0.25, 0.3) is 0 Å². The zero-order chi connectivity index (χ0) is 12.1. The molecule has 0 fully saturated rings. The number of allylic oxidation sites excluding steroid dienone is 1. The SMILES string of the molecule is COC(=O)C1=C(C(=O)OC)SC(=CC=O)S1. The minimum Gasteiger partial charge on any atom is -0.465 e. The van der Waals surface area contributed by atoms with E-state index < -0.39 is 11.9 Å². The van der Waals surface area contributed by atoms with Gasteiger partial charge in [0, 0.05) is 0 Å². The molecule has 0 saturated heterocycles. The van der Waals surface area contributed by atoms with Crippen LogP contribution in [0.2, 0.25) is 0 Å². The van der Waals surface area contributed by atoms with Crippen molar-refractivity contribution in [3.8, 4) is 0 Å². The Morgan fingerprint density at radius 1 is 1.06 bits per heavy atom. The number of hydrogen-bond acceptors (Lipinski definition) is 7. The van der Waals surface area contributed by atoms with Crippen molar-refractivity contribution in [2.24, 2.45) is 0 Å². The third-order valence-corrected chi connectivity index (χ3v) is 4.01. The van der Waals surface area contributed by atoms with Crippen molar-refractivity contribution in [3.05, 3.63) is 20.1 Å². The quantitative estimate of drug-likeness (QED) is 0.427. The van der Waals surface area contributed by atoms with Gasteiger partial charge in [0.15, 0.2) is 0 Å². The number of esters is 2. The Balaban J connectivity index is 3.03. The summed E-state index contributed by atoms with van der Waals surface area (Å²) in [6, 6.07) is 0. The van der Waals surface area contributed by atoms with E-state index in [4.69, 9.17) is 0 Å². The predicted octanol–water partition coefficient (Wildman–Crippen LogP) is 1.06. The van der Waals surface area contributed by atoms with Gasteiger partial charge in [-0.1, -0.05) is 23.5 Å². The van der Waals surface area contributed by atoms with Crippen molar-refractivity contribution in [1.82, 2.24) is 0 Å². The topological polar surface area (TPSA) is 69.7 Å². The van der Waals surface area contributed by atoms with Crippen molar-refractivity contribution >= 4 is 41.7 Å². The molecule has 0 N–H and O–H groups in total. The van der Waals surface area contributed by atoms with Crippen LogP contribution in [0.5, 0.6) is 0 Å². The fourth-order valence-electron chi connectivity index (χ4n) is 0.892. The highest BCUT2D eigenvalue weighted by molar-refractivity contribution is 8.29. The lowest BCUT2D eigenvalue weighted by Gasteiger charge is -2.00. The maximum absolute atomic E-state index is 11.4. The van der Waals surface area contributed by atoms with Gasteiger partial charge in [0.1, 0.15) is 16.1 Å². The van der Waals surface area contributed by atoms with E-state index in [0.29, 0.717) is 10.5 Å². The second-order valence-corrected chi connectivity index (χ2v) is 4.83. The fourth-order valence-corrected chi connectivity index (χ4v) is 3.14. The van der Waals surface area contributed by atoms with Gasteiger partial charge in [-0.15, -0.1) is 0 Å². The highest BCUT2D eigenvalue weighted by Gasteiger charge is 2.31. The third kappa shape index (κ3) is 2.67. The first-order valence-electron chi connectivity index (χ1n) is 4.06. The molecule has 1 rings (SSSR count). The average molecular weight is 260 g/mol. The number of thioether (sulfide) groups is 2. The van der Waals surface area contributed by atoms with Crippen LogP contribution in [0.4, 0.5) is 0 Å². The fraction of sp³-hybridized carbons (Fsp3) is 0.222. The van der Waals surface area contributed by atoms with Gasteiger partial charge in [0.2, 0.25) is 0 Å². The van der Waals surface area contributed by atoms with Crippen molar-refractivity contribution in [2.45, 2.75) is 0 Å². The first-order chi connectivity index (χ1) is 7.63. The normalized spacial score (nSPS) is 14.8. The Hall–Kier alpha value is -1.21. The summed E-state index contributed by atoms with van der Waals surface area (Å²) in [5.74, 6) is -1.24. The van der Waals surface area contributed by atoms with Crippen LogP contribution in [-0.4, -0.2) is 32.4 Å². The average Bonchev–Trinajstić information content (AvgIpc) is 2.71. The van der Waals surface area contributed by atoms with E-state index in [1.54, 1.807) is 0 Å². The zero-order valence-corrected chi connectivity index (χ0v) is 10.1. The summed E-state index contributed by atoms with van der Waals surface area (Å²) in [5, 5.41) is 0. The Bertz CT molecular complexity index is 367. The van der Waals surface area contributed by atoms with Crippen molar-refractivity contribution in [2.75, 3.05) is 14.2 Å². The molecule has 1 aliphatic rings. The molecule has 86 valence electrons. The number of aldehydes is 1. The van der Waals surface area contributed by atoms with Crippen LogP contribution in [0, 0.1) is 0 Å². The van der Waals surface area contributed by atoms with E-state index in [9.17, 15) is 14.4 Å². The molecule has 0 aromatic heterocycles. The first-order valence-corrected chi connectivity index (χ1v) is 5.69. The van der Waals surface area contributed by atoms with Gasteiger partial charge in [-0.05, 0) is 6.08 Å². The van der Waals surface area contributed by atoms with Gasteiger partial charge in [0.25, 0.3) is 0 Å². The summed E-state index contributed by atoms with van der Waals surface area (Å²) in [7, 11) is 2.44. The summed E-state index contributed by atoms with van der Waals surface area (Å²) in [5.41, 5.74) is 0. The summed E-state index contributed by atoms with van der Waals surface area (Å²) < 4.78 is 9.60. The molecular formula is C9H8O5S2. The lowest BCUT2D eigenvalue weighted by Crippen LogP contribution is -2.08. The molecule has 0 atom stereocenters. The molecule has 5 nitrogen and oxygen atoms in total. The molecule has 0 aromatic carbocycles. The predicted molar refractivity (Wildman–Crippen MR) is 60.4 cm³/mol. The Kier molecular flexibility index (Phi) is 4.63. The standard InChI is InChI=1S/C9H8O5S2/c1-13-8(11)6-7(9(12)14-2)16-5(15-6)3-4-10/h3-4H,1-2H3. The monoisotopic (exact) mass is 260 g/mol. The molecule has 0 bridgehead atoms. The highest BCUT2D eigenvalue weighted by atomic mass is 32.2. The molecule has 0 radical (unpaired) electrons. The molecule has 0 unspecified atom stereocenters. The molecule has 1 heterocycles. The smallest absolute Gasteiger partial charge is 0.346 e. The zero-order valence-electron chi connectivity index (χ0n) is 8.51. The second kappa shape index (κ2) is 5.76. The number of carbonyl (C=O) groups excluding carboxylic acids is 3. The second-order valence-electron chi connectivity index (χ2n) is 2.47. The highest BCUT2D eigenvalue weighted by Crippen LogP contribution is 2.49. The molecule has 0 aliphatic carbocycles. The van der Waals surface area contributed by atoms with Crippen LogP contribution in [0.3, 0.4) is 0 Å². The molecular weight excluding hydrogens is 252 g/mol. The minimum absolute atomic E-state index is 0.146. The molecule has 0 saturated carbocycles. The number of hydrogen-bond donors (Lipinski definition) is 0. The number of rotatable bonds is 3. The van der Waals surface area contributed by atoms with Crippen LogP contribution < -0.4 is 0 Å². The minimum atomic E-state index is -0.618. The van der Waals surface area contributed by atoms with E-state index in [2.05, 4.69) is 9.47 Å². The maximum atomic E-state index is 11.4. The van der Waals surface area contributed by atoms with Crippen LogP contribution in [0.1, 0.15) is 0 Å². The number of ether oxygens (including phenoxy) is 2. The molecule has 1 aliphatic heterocycles. The summed E-state index contributed by atoms with van der Waals surface area (Å²) >= 11 is 2.03. The van der Waals surface area contributed by atoms with E-state index >= 15 is 0 Å². The van der Waals surface area contributed by atoms with Crippen LogP contribution in [0.15, 0.2) is 20.1 Å². The van der Waals surface area contributed by atoms with Gasteiger partial charge in [-0.3, -0.25) is 4.79 Å². The van der Waals surface area contributed by atoms with Gasteiger partial charge >= 0.3 is 11.9 Å². The first kappa shape index (κ1) is 12.9. The molecule has 16 heavy (non-hydrogen) atoms. The van der Waals surface area contributed by atoms with E-state index in [1.807, 2.05) is 0 Å². The summed E-state index contributed by atoms with van der Waals surface area (Å²) in [6.45, 7) is 0. The Morgan fingerprint density at radius 3 is 1.81 bits per heavy atom. The number of methoxy groups -OCH3 is 2. The van der Waals surface area contributed by atoms with E-state index in [-0.39, 0.29) is 9.81 Å². The van der Waals surface area contributed by atoms with Crippen LogP contribution in [-0.2, 0) is 23.9 Å². The van der Waals surface area contributed by atoms with Gasteiger partial charge in [-0.2, -0.15) is 0 Å². The molecule has 7 heteroatoms. The van der Waals surface area contributed by atoms with E-state index in [0.717, 1.165) is 23.5 Å². The van der Waals surface area contributed by atoms with Crippen molar-refractivity contribution in [3.63, 3.8) is 0 Å². The van der Waals surface area contributed by atoms with Gasteiger partial charge in [0.05, 0.1) is 18.5 Å². The Labute approximate surface area is 100 Å². The largest absolute Gasteiger partial charge is 0.465 e. The lowest BCUT2D eigenvalue weighted by atomic mass is 10.5. The Morgan fingerprint density at radius 2 is 1.50 bits per heavy atom. The summed E-state index contributed by atoms with van der Waals surface area (Å²) in [4.78, 5) is 33.3. The van der Waals surface area contributed by atoms with E-state index in [1.165, 1.54) is 20.3 Å². The van der Waals surface area contributed by atoms with Crippen molar-refractivity contribution in [1.29, 1.82) is 0 Å². The number of carbonyl (C=O) groups is 3. The lowest BCUT2D eigenvalue weighted by molar-refractivity contribution is -0.138. The van der Waals surface area contributed by atoms with Crippen molar-refractivity contribution < 1.29 is 23.9 Å². The van der Waals surface area contributed by atoms with Gasteiger partial charge < -0.3 is 9.47 Å². The maximum Gasteiger partial charge on any atom is 0.346 e. The third-order valence-electron chi connectivity index (χ3n) is 1.56. The molecule has 0 spiro atoms.